The van der Waals surface area contributed by atoms with E-state index < -0.39 is 5.91 Å². The second-order valence-corrected chi connectivity index (χ2v) is 4.00. The van der Waals surface area contributed by atoms with E-state index in [-0.39, 0.29) is 18.2 Å². The van der Waals surface area contributed by atoms with Crippen LogP contribution in [0.2, 0.25) is 0 Å². The molecule has 6 heteroatoms. The fraction of sp³-hybridized carbons (Fsp3) is 0.700. The molecule has 90 valence electrons. The quantitative estimate of drug-likeness (QED) is 0.681. The zero-order chi connectivity index (χ0) is 12.1. The van der Waals surface area contributed by atoms with E-state index in [2.05, 4.69) is 10.3 Å². The van der Waals surface area contributed by atoms with Gasteiger partial charge in [-0.05, 0) is 18.8 Å². The van der Waals surface area contributed by atoms with E-state index in [1.165, 1.54) is 0 Å². The van der Waals surface area contributed by atoms with Crippen molar-refractivity contribution in [2.45, 2.75) is 39.2 Å². The summed E-state index contributed by atoms with van der Waals surface area (Å²) in [6, 6.07) is 0. The first-order chi connectivity index (χ1) is 7.57. The number of rotatable bonds is 6. The Hall–Kier alpha value is -1.43. The van der Waals surface area contributed by atoms with Crippen LogP contribution in [0.5, 0.6) is 0 Å². The molecule has 1 amide bonds. The van der Waals surface area contributed by atoms with Crippen molar-refractivity contribution in [3.8, 4) is 0 Å². The van der Waals surface area contributed by atoms with Crippen LogP contribution in [0.3, 0.4) is 0 Å². The molecule has 1 aromatic heterocycles. The van der Waals surface area contributed by atoms with Gasteiger partial charge in [-0.1, -0.05) is 19.1 Å². The van der Waals surface area contributed by atoms with Crippen molar-refractivity contribution < 1.29 is 9.90 Å². The summed E-state index contributed by atoms with van der Waals surface area (Å²) in [5, 5.41) is 16.4. The van der Waals surface area contributed by atoms with Crippen molar-refractivity contribution in [1.82, 2.24) is 15.0 Å². The van der Waals surface area contributed by atoms with Crippen molar-refractivity contribution in [1.29, 1.82) is 0 Å². The van der Waals surface area contributed by atoms with Gasteiger partial charge in [0, 0.05) is 13.2 Å². The van der Waals surface area contributed by atoms with Gasteiger partial charge >= 0.3 is 0 Å². The van der Waals surface area contributed by atoms with Crippen LogP contribution in [0.15, 0.2) is 0 Å². The fourth-order valence-electron chi connectivity index (χ4n) is 1.61. The Morgan fingerprint density at radius 2 is 2.19 bits per heavy atom. The van der Waals surface area contributed by atoms with E-state index in [1.54, 1.807) is 4.68 Å². The number of hydrogen-bond donors (Lipinski definition) is 2. The van der Waals surface area contributed by atoms with E-state index in [9.17, 15) is 4.79 Å². The SMILES string of the molecule is CC(C)c1c(C(N)=O)nnn1CCCCO. The van der Waals surface area contributed by atoms with Crippen molar-refractivity contribution in [2.24, 2.45) is 5.73 Å². The highest BCUT2D eigenvalue weighted by Gasteiger charge is 2.19. The van der Waals surface area contributed by atoms with Gasteiger partial charge in [0.05, 0.1) is 5.69 Å². The van der Waals surface area contributed by atoms with Crippen LogP contribution in [0.1, 0.15) is 48.8 Å². The summed E-state index contributed by atoms with van der Waals surface area (Å²) in [5.74, 6) is -0.399. The Bertz CT molecular complexity index is 360. The van der Waals surface area contributed by atoms with Gasteiger partial charge in [0.2, 0.25) is 0 Å². The molecule has 0 saturated heterocycles. The van der Waals surface area contributed by atoms with Gasteiger partial charge < -0.3 is 10.8 Å². The second kappa shape index (κ2) is 5.60. The minimum absolute atomic E-state index is 0.145. The minimum atomic E-state index is -0.544. The number of carbonyl (C=O) groups excluding carboxylic acids is 1. The first kappa shape index (κ1) is 12.6. The van der Waals surface area contributed by atoms with Crippen molar-refractivity contribution in [2.75, 3.05) is 6.61 Å². The molecule has 6 nitrogen and oxygen atoms in total. The predicted octanol–water partition coefficient (Wildman–Crippen LogP) is 0.273. The highest BCUT2D eigenvalue weighted by molar-refractivity contribution is 5.91. The standard InChI is InChI=1S/C10H18N4O2/c1-7(2)9-8(10(11)16)12-13-14(9)5-3-4-6-15/h7,15H,3-6H2,1-2H3,(H2,11,16). The largest absolute Gasteiger partial charge is 0.396 e. The summed E-state index contributed by atoms with van der Waals surface area (Å²) in [4.78, 5) is 11.1. The molecule has 1 rings (SSSR count). The number of aryl methyl sites for hydroxylation is 1. The van der Waals surface area contributed by atoms with Gasteiger partial charge in [-0.15, -0.1) is 5.10 Å². The summed E-state index contributed by atoms with van der Waals surface area (Å²) >= 11 is 0. The molecule has 0 aliphatic rings. The smallest absolute Gasteiger partial charge is 0.271 e. The number of carbonyl (C=O) groups is 1. The third-order valence-electron chi connectivity index (χ3n) is 2.33. The van der Waals surface area contributed by atoms with Gasteiger partial charge in [-0.3, -0.25) is 4.79 Å². The molecule has 3 N–H and O–H groups in total. The van der Waals surface area contributed by atoms with E-state index in [0.29, 0.717) is 13.0 Å². The first-order valence-electron chi connectivity index (χ1n) is 5.42. The van der Waals surface area contributed by atoms with Crippen LogP contribution in [0, 0.1) is 0 Å². The zero-order valence-electron chi connectivity index (χ0n) is 9.68. The minimum Gasteiger partial charge on any atom is -0.396 e. The third-order valence-corrected chi connectivity index (χ3v) is 2.33. The van der Waals surface area contributed by atoms with Gasteiger partial charge in [-0.2, -0.15) is 0 Å². The Labute approximate surface area is 94.4 Å². The number of aliphatic hydroxyl groups excluding tert-OH is 1. The average molecular weight is 226 g/mol. The Kier molecular flexibility index (Phi) is 4.42. The number of nitrogens with zero attached hydrogens (tertiary/aromatic N) is 3. The lowest BCUT2D eigenvalue weighted by Gasteiger charge is -2.09. The Morgan fingerprint density at radius 1 is 1.50 bits per heavy atom. The van der Waals surface area contributed by atoms with Crippen molar-refractivity contribution in [3.05, 3.63) is 11.4 Å². The molecule has 0 fully saturated rings. The lowest BCUT2D eigenvalue weighted by atomic mass is 10.1. The molecule has 1 heterocycles. The summed E-state index contributed by atoms with van der Waals surface area (Å²) in [6.45, 7) is 4.74. The molecular formula is C10H18N4O2. The number of aliphatic hydroxyl groups is 1. The molecule has 0 radical (unpaired) electrons. The van der Waals surface area contributed by atoms with Crippen molar-refractivity contribution >= 4 is 5.91 Å². The van der Waals surface area contributed by atoms with Gasteiger partial charge in [0.15, 0.2) is 5.69 Å². The first-order valence-corrected chi connectivity index (χ1v) is 5.42. The van der Waals surface area contributed by atoms with Crippen LogP contribution in [-0.4, -0.2) is 32.6 Å². The maximum Gasteiger partial charge on any atom is 0.271 e. The maximum atomic E-state index is 11.1. The van der Waals surface area contributed by atoms with E-state index >= 15 is 0 Å². The molecular weight excluding hydrogens is 208 g/mol. The number of aromatic nitrogens is 3. The van der Waals surface area contributed by atoms with Gasteiger partial charge in [0.25, 0.3) is 5.91 Å². The normalized spacial score (nSPS) is 11.0. The number of nitrogens with two attached hydrogens (primary N) is 1. The van der Waals surface area contributed by atoms with Crippen LogP contribution >= 0.6 is 0 Å². The summed E-state index contributed by atoms with van der Waals surface area (Å²) in [7, 11) is 0. The fourth-order valence-corrected chi connectivity index (χ4v) is 1.61. The lowest BCUT2D eigenvalue weighted by Crippen LogP contribution is -2.16. The Morgan fingerprint density at radius 3 is 2.69 bits per heavy atom. The number of primary amides is 1. The topological polar surface area (TPSA) is 94.0 Å². The molecule has 0 unspecified atom stereocenters. The molecule has 0 aromatic carbocycles. The van der Waals surface area contributed by atoms with E-state index in [1.807, 2.05) is 13.8 Å². The third kappa shape index (κ3) is 2.79. The van der Waals surface area contributed by atoms with Crippen molar-refractivity contribution in [3.63, 3.8) is 0 Å². The molecule has 0 spiro atoms. The highest BCUT2D eigenvalue weighted by atomic mass is 16.2. The second-order valence-electron chi connectivity index (χ2n) is 4.00. The monoisotopic (exact) mass is 226 g/mol. The summed E-state index contributed by atoms with van der Waals surface area (Å²) in [5.41, 5.74) is 6.24. The maximum absolute atomic E-state index is 11.1. The van der Waals surface area contributed by atoms with Gasteiger partial charge in [-0.25, -0.2) is 4.68 Å². The van der Waals surface area contributed by atoms with E-state index in [4.69, 9.17) is 10.8 Å². The molecule has 0 aliphatic heterocycles. The highest BCUT2D eigenvalue weighted by Crippen LogP contribution is 2.17. The average Bonchev–Trinajstić information content (AvgIpc) is 2.62. The van der Waals surface area contributed by atoms with Gasteiger partial charge in [0.1, 0.15) is 0 Å². The molecule has 0 aliphatic carbocycles. The molecule has 0 saturated carbocycles. The van der Waals surface area contributed by atoms with Crippen LogP contribution in [0.25, 0.3) is 0 Å². The van der Waals surface area contributed by atoms with Crippen LogP contribution < -0.4 is 5.73 Å². The van der Waals surface area contributed by atoms with Crippen LogP contribution in [-0.2, 0) is 6.54 Å². The number of unbranched alkanes of at least 4 members (excludes halogenated alkanes) is 1. The summed E-state index contributed by atoms with van der Waals surface area (Å²) < 4.78 is 1.69. The summed E-state index contributed by atoms with van der Waals surface area (Å²) in [6.07, 6.45) is 1.51. The van der Waals surface area contributed by atoms with Crippen LogP contribution in [0.4, 0.5) is 0 Å². The molecule has 1 aromatic rings. The lowest BCUT2D eigenvalue weighted by molar-refractivity contribution is 0.0994. The molecule has 0 bridgehead atoms. The Balaban J connectivity index is 2.87. The molecule has 16 heavy (non-hydrogen) atoms. The molecule has 0 atom stereocenters. The van der Waals surface area contributed by atoms with E-state index in [0.717, 1.165) is 12.1 Å². The zero-order valence-corrected chi connectivity index (χ0v) is 9.68. The predicted molar refractivity (Wildman–Crippen MR) is 58.9 cm³/mol. The number of hydrogen-bond acceptors (Lipinski definition) is 4. The number of amides is 1.